The van der Waals surface area contributed by atoms with Gasteiger partial charge in [0.25, 0.3) is 0 Å². The average molecular weight is 681 g/mol. The van der Waals surface area contributed by atoms with E-state index >= 15 is 0 Å². The summed E-state index contributed by atoms with van der Waals surface area (Å²) in [6, 6.07) is 40.4. The van der Waals surface area contributed by atoms with Gasteiger partial charge in [-0.15, -0.1) is 4.34 Å². The van der Waals surface area contributed by atoms with E-state index in [4.69, 9.17) is 26.7 Å². The van der Waals surface area contributed by atoms with Crippen molar-refractivity contribution in [1.29, 1.82) is 0 Å². The number of hydrogen-bond acceptors (Lipinski definition) is 9. The molecule has 46 heavy (non-hydrogen) atoms. The van der Waals surface area contributed by atoms with Crippen LogP contribution in [0, 0.1) is 0 Å². The van der Waals surface area contributed by atoms with Crippen molar-refractivity contribution in [3.8, 4) is 0 Å². The number of aromatic nitrogens is 1. The lowest BCUT2D eigenvalue weighted by Gasteiger charge is -2.23. The van der Waals surface area contributed by atoms with E-state index in [1.54, 1.807) is 115 Å². The summed E-state index contributed by atoms with van der Waals surface area (Å²) in [6.45, 7) is -0.837. The lowest BCUT2D eigenvalue weighted by atomic mass is 10.2. The second-order valence-corrected chi connectivity index (χ2v) is 15.3. The van der Waals surface area contributed by atoms with E-state index in [9.17, 15) is 13.7 Å². The molecule has 5 aromatic rings. The number of phosphoric acid groups is 2. The summed E-state index contributed by atoms with van der Waals surface area (Å²) in [5.41, 5.74) is 2.61. The molecule has 0 N–H and O–H groups in total. The zero-order valence-electron chi connectivity index (χ0n) is 24.7. The fourth-order valence-corrected chi connectivity index (χ4v) is 9.68. The first-order valence-corrected chi connectivity index (χ1v) is 18.7. The topological polar surface area (TPSA) is 110 Å². The Hall–Kier alpha value is -3.52. The number of phosphoric ester groups is 2. The van der Waals surface area contributed by atoms with Crippen molar-refractivity contribution in [3.05, 3.63) is 174 Å². The first kappa shape index (κ1) is 33.8. The second kappa shape index (κ2) is 16.3. The van der Waals surface area contributed by atoms with Crippen LogP contribution in [0.25, 0.3) is 0 Å². The first-order valence-electron chi connectivity index (χ1n) is 14.3. The summed E-state index contributed by atoms with van der Waals surface area (Å²) in [7, 11) is -14.3. The molecule has 0 spiro atoms. The molecule has 1 heterocycles. The highest BCUT2D eigenvalue weighted by Crippen LogP contribution is 2.71. The third-order valence-corrected chi connectivity index (χ3v) is 12.2. The van der Waals surface area contributed by atoms with E-state index in [0.717, 1.165) is 4.34 Å². The average Bonchev–Trinajstić information content (AvgIpc) is 3.10. The number of pyridine rings is 1. The van der Waals surface area contributed by atoms with Gasteiger partial charge in [0.2, 0.25) is 0 Å². The minimum Gasteiger partial charge on any atom is -0.282 e. The second-order valence-electron chi connectivity index (χ2n) is 9.82. The van der Waals surface area contributed by atoms with Crippen LogP contribution in [-0.4, -0.2) is 0 Å². The molecular weight excluding hydrogens is 647 g/mol. The van der Waals surface area contributed by atoms with E-state index in [2.05, 4.69) is 0 Å². The normalized spacial score (nSPS) is 12.2. The fourth-order valence-electron chi connectivity index (χ4n) is 3.98. The lowest BCUT2D eigenvalue weighted by Crippen LogP contribution is -2.31. The fraction of sp³-hybridized carbons (Fsp3) is 0.121. The Bertz CT molecular complexity index is 1580. The van der Waals surface area contributed by atoms with Crippen molar-refractivity contribution in [3.63, 3.8) is 0 Å². The Morgan fingerprint density at radius 1 is 0.391 bits per heavy atom. The van der Waals surface area contributed by atoms with Gasteiger partial charge in [0.05, 0.1) is 26.4 Å². The third kappa shape index (κ3) is 10.2. The standard InChI is InChI=1S/C33H33NO9P3/c35-44(34-24-14-5-15-25-34,42-45(36,38-26-30-16-6-1-7-17-30)39-27-31-18-8-2-9-19-31)43-46(37,40-28-32-20-10-3-11-21-32)41-29-33-22-12-4-13-23-33/h1-25H,26-29H2/q+1. The quantitative estimate of drug-likeness (QED) is 0.0889. The van der Waals surface area contributed by atoms with Crippen molar-refractivity contribution in [2.45, 2.75) is 26.4 Å². The predicted octanol–water partition coefficient (Wildman–Crippen LogP) is 9.05. The van der Waals surface area contributed by atoms with Gasteiger partial charge in [-0.25, -0.2) is 9.13 Å². The molecule has 0 bridgehead atoms. The number of rotatable bonds is 17. The number of benzene rings is 4. The van der Waals surface area contributed by atoms with Gasteiger partial charge in [0, 0.05) is 12.1 Å². The highest BCUT2D eigenvalue weighted by molar-refractivity contribution is 7.67. The van der Waals surface area contributed by atoms with Crippen LogP contribution in [0.4, 0.5) is 0 Å². The van der Waals surface area contributed by atoms with Gasteiger partial charge in [0.1, 0.15) is 0 Å². The van der Waals surface area contributed by atoms with Crippen molar-refractivity contribution < 1.29 is 44.7 Å². The smallest absolute Gasteiger partial charge is 0.282 e. The van der Waals surface area contributed by atoms with Crippen LogP contribution in [0.2, 0.25) is 0 Å². The molecule has 0 saturated heterocycles. The molecule has 0 aliphatic rings. The van der Waals surface area contributed by atoms with E-state index in [1.165, 1.54) is 12.4 Å². The van der Waals surface area contributed by atoms with Crippen molar-refractivity contribution >= 4 is 23.4 Å². The van der Waals surface area contributed by atoms with Gasteiger partial charge in [-0.3, -0.25) is 18.1 Å². The van der Waals surface area contributed by atoms with Crippen LogP contribution >= 0.6 is 23.4 Å². The largest absolute Gasteiger partial charge is 0.631 e. The monoisotopic (exact) mass is 680 g/mol. The van der Waals surface area contributed by atoms with E-state index in [1.807, 2.05) is 24.3 Å². The lowest BCUT2D eigenvalue weighted by molar-refractivity contribution is -0.536. The van der Waals surface area contributed by atoms with Crippen molar-refractivity contribution in [2.75, 3.05) is 0 Å². The van der Waals surface area contributed by atoms with Crippen molar-refractivity contribution in [1.82, 2.24) is 0 Å². The summed E-state index contributed by atoms with van der Waals surface area (Å²) in [4.78, 5) is 0. The minimum absolute atomic E-state index is 0.209. The maximum atomic E-state index is 14.7. The van der Waals surface area contributed by atoms with Crippen molar-refractivity contribution in [2.24, 2.45) is 0 Å². The van der Waals surface area contributed by atoms with Gasteiger partial charge in [-0.2, -0.15) is 13.2 Å². The first-order chi connectivity index (χ1) is 22.3. The SMILES string of the molecule is O=P(OCc1ccccc1)(OCc1ccccc1)OP(=O)(OP(=O)(OCc1ccccc1)OCc1ccccc1)[n+]1ccccc1. The maximum absolute atomic E-state index is 14.7. The number of nitrogens with zero attached hydrogens (tertiary/aromatic N) is 1. The molecule has 0 amide bonds. The molecule has 0 radical (unpaired) electrons. The highest BCUT2D eigenvalue weighted by atomic mass is 31.3. The van der Waals surface area contributed by atoms with Crippen LogP contribution < -0.4 is 4.34 Å². The molecule has 238 valence electrons. The summed E-state index contributed by atoms with van der Waals surface area (Å²) >= 11 is 0. The van der Waals surface area contributed by atoms with Crippen LogP contribution in [-0.2, 0) is 66.8 Å². The molecule has 1 aromatic heterocycles. The zero-order chi connectivity index (χ0) is 32.1. The number of hydrogen-bond donors (Lipinski definition) is 0. The van der Waals surface area contributed by atoms with Gasteiger partial charge < -0.3 is 0 Å². The molecule has 0 aliphatic carbocycles. The molecule has 0 saturated carbocycles. The molecular formula is C33H33NO9P3+. The zero-order valence-corrected chi connectivity index (χ0v) is 27.4. The Kier molecular flexibility index (Phi) is 12.0. The molecule has 0 fully saturated rings. The third-order valence-electron chi connectivity index (χ3n) is 6.32. The van der Waals surface area contributed by atoms with Gasteiger partial charge in [-0.1, -0.05) is 127 Å². The molecule has 0 aliphatic heterocycles. The minimum atomic E-state index is -4.91. The molecule has 0 unspecified atom stereocenters. The van der Waals surface area contributed by atoms with E-state index in [-0.39, 0.29) is 26.4 Å². The van der Waals surface area contributed by atoms with Crippen LogP contribution in [0.1, 0.15) is 22.3 Å². The van der Waals surface area contributed by atoms with Gasteiger partial charge >= 0.3 is 23.4 Å². The van der Waals surface area contributed by atoms with Crippen LogP contribution in [0.5, 0.6) is 0 Å². The summed E-state index contributed by atoms with van der Waals surface area (Å²) in [5.74, 6) is 0. The summed E-state index contributed by atoms with van der Waals surface area (Å²) in [5, 5.41) is 0. The van der Waals surface area contributed by atoms with E-state index < -0.39 is 23.4 Å². The molecule has 0 atom stereocenters. The Labute approximate surface area is 268 Å². The summed E-state index contributed by atoms with van der Waals surface area (Å²) in [6.07, 6.45) is 2.69. The Morgan fingerprint density at radius 3 is 0.935 bits per heavy atom. The molecule has 10 nitrogen and oxygen atoms in total. The maximum Gasteiger partial charge on any atom is 0.631 e. The van der Waals surface area contributed by atoms with Crippen LogP contribution in [0.15, 0.2) is 152 Å². The Morgan fingerprint density at radius 2 is 0.652 bits per heavy atom. The molecule has 5 rings (SSSR count). The predicted molar refractivity (Wildman–Crippen MR) is 172 cm³/mol. The van der Waals surface area contributed by atoms with Gasteiger partial charge in [-0.05, 0) is 22.3 Å². The summed E-state index contributed by atoms with van der Waals surface area (Å²) < 4.78 is 78.6. The van der Waals surface area contributed by atoms with Crippen LogP contribution in [0.3, 0.4) is 0 Å². The van der Waals surface area contributed by atoms with Gasteiger partial charge in [0.15, 0.2) is 12.4 Å². The van der Waals surface area contributed by atoms with E-state index in [0.29, 0.717) is 22.3 Å². The molecule has 13 heteroatoms. The molecule has 4 aromatic carbocycles. The Balaban J connectivity index is 1.47. The highest BCUT2D eigenvalue weighted by Gasteiger charge is 2.54.